The summed E-state index contributed by atoms with van der Waals surface area (Å²) in [5, 5.41) is 15.1. The van der Waals surface area contributed by atoms with E-state index in [1.807, 2.05) is 0 Å². The number of H-pyrrole nitrogens is 1. The molecule has 3 rings (SSSR count). The number of aromatic amines is 1. The molecule has 33 heavy (non-hydrogen) atoms. The number of carboxylic acids is 1. The minimum absolute atomic E-state index is 0. The van der Waals surface area contributed by atoms with Crippen molar-refractivity contribution in [3.63, 3.8) is 0 Å². The molecule has 1 aromatic heterocycles. The summed E-state index contributed by atoms with van der Waals surface area (Å²) < 4.78 is 5.18. The lowest BCUT2D eigenvalue weighted by molar-refractivity contribution is -0.139. The van der Waals surface area contributed by atoms with Crippen LogP contribution < -0.4 is 10.6 Å². The highest BCUT2D eigenvalue weighted by molar-refractivity contribution is 6.30. The number of rotatable bonds is 6. The highest BCUT2D eigenvalue weighted by atomic mass is 35.5. The first kappa shape index (κ1) is 26.0. The van der Waals surface area contributed by atoms with Gasteiger partial charge in [-0.2, -0.15) is 0 Å². The van der Waals surface area contributed by atoms with Crippen molar-refractivity contribution in [2.45, 2.75) is 38.8 Å². The fraction of sp³-hybridized carbons (Fsp3) is 0.273. The summed E-state index contributed by atoms with van der Waals surface area (Å²) in [6.45, 7) is 5.23. The number of ether oxygens (including phenoxy) is 1. The number of amides is 2. The molecule has 1 heterocycles. The molecule has 9 nitrogen and oxygen atoms in total. The maximum atomic E-state index is 12.7. The van der Waals surface area contributed by atoms with Crippen LogP contribution in [0.15, 0.2) is 42.5 Å². The number of hydrogen-bond acceptors (Lipinski definition) is 5. The number of carbonyl (C=O) groups excluding carboxylic acids is 2. The van der Waals surface area contributed by atoms with Crippen LogP contribution in [0.5, 0.6) is 0 Å². The van der Waals surface area contributed by atoms with Gasteiger partial charge < -0.3 is 20.1 Å². The van der Waals surface area contributed by atoms with Crippen LogP contribution in [0.1, 0.15) is 36.7 Å². The van der Waals surface area contributed by atoms with Crippen LogP contribution in [0.4, 0.5) is 10.7 Å². The molecule has 0 unspecified atom stereocenters. The van der Waals surface area contributed by atoms with Crippen molar-refractivity contribution in [3.05, 3.63) is 58.6 Å². The second-order valence-corrected chi connectivity index (χ2v) is 8.58. The van der Waals surface area contributed by atoms with Crippen molar-refractivity contribution in [3.8, 4) is 0 Å². The van der Waals surface area contributed by atoms with Gasteiger partial charge in [0.1, 0.15) is 11.6 Å². The minimum Gasteiger partial charge on any atom is -0.480 e. The van der Waals surface area contributed by atoms with Crippen molar-refractivity contribution in [1.29, 1.82) is 0 Å². The van der Waals surface area contributed by atoms with Gasteiger partial charge in [-0.15, -0.1) is 12.4 Å². The number of carboxylic acid groups (broad SMARTS) is 1. The first-order valence-corrected chi connectivity index (χ1v) is 10.2. The maximum Gasteiger partial charge on any atom is 0.414 e. The largest absolute Gasteiger partial charge is 0.480 e. The second-order valence-electron chi connectivity index (χ2n) is 8.14. The van der Waals surface area contributed by atoms with Crippen LogP contribution in [0, 0.1) is 0 Å². The lowest BCUT2D eigenvalue weighted by atomic mass is 10.1. The van der Waals surface area contributed by atoms with Gasteiger partial charge in [-0.05, 0) is 56.7 Å². The van der Waals surface area contributed by atoms with Crippen LogP contribution >= 0.6 is 24.0 Å². The Balaban J connectivity index is 0.00000385. The van der Waals surface area contributed by atoms with Crippen LogP contribution in [0.3, 0.4) is 0 Å². The van der Waals surface area contributed by atoms with Gasteiger partial charge in [0.25, 0.3) is 5.91 Å². The number of imidazole rings is 1. The summed E-state index contributed by atoms with van der Waals surface area (Å²) >= 11 is 5.86. The molecule has 0 fully saturated rings. The van der Waals surface area contributed by atoms with Gasteiger partial charge in [0.05, 0.1) is 11.0 Å². The van der Waals surface area contributed by atoms with Crippen molar-refractivity contribution >= 4 is 59.0 Å². The molecule has 0 aliphatic heterocycles. The first-order valence-electron chi connectivity index (χ1n) is 9.78. The van der Waals surface area contributed by atoms with E-state index in [0.717, 1.165) is 5.56 Å². The lowest BCUT2D eigenvalue weighted by Gasteiger charge is -2.18. The number of nitrogens with zero attached hydrogens (tertiary/aromatic N) is 1. The molecule has 4 N–H and O–H groups in total. The van der Waals surface area contributed by atoms with Gasteiger partial charge in [-0.25, -0.2) is 14.6 Å². The predicted molar refractivity (Wildman–Crippen MR) is 127 cm³/mol. The molecule has 0 spiro atoms. The Hall–Kier alpha value is -3.30. The maximum absolute atomic E-state index is 12.7. The Morgan fingerprint density at radius 3 is 2.42 bits per heavy atom. The zero-order valence-electron chi connectivity index (χ0n) is 18.1. The van der Waals surface area contributed by atoms with E-state index < -0.39 is 29.6 Å². The molecule has 2 amide bonds. The molecule has 11 heteroatoms. The SMILES string of the molecule is CC(C)(C)OC(=O)Nc1nc2ccc(C(=O)N[C@@H](Cc3ccc(Cl)cc3)C(=O)O)cc2[nH]1.Cl. The number of carbonyl (C=O) groups is 3. The van der Waals surface area contributed by atoms with Gasteiger partial charge in [0.2, 0.25) is 5.95 Å². The van der Waals surface area contributed by atoms with E-state index in [0.29, 0.717) is 16.1 Å². The van der Waals surface area contributed by atoms with E-state index in [2.05, 4.69) is 20.6 Å². The summed E-state index contributed by atoms with van der Waals surface area (Å²) in [5.41, 5.74) is 1.32. The van der Waals surface area contributed by atoms with Gasteiger partial charge in [-0.3, -0.25) is 10.1 Å². The molecule has 2 aromatic carbocycles. The fourth-order valence-electron chi connectivity index (χ4n) is 2.91. The topological polar surface area (TPSA) is 133 Å². The molecule has 3 aromatic rings. The van der Waals surface area contributed by atoms with E-state index in [-0.39, 0.29) is 30.3 Å². The van der Waals surface area contributed by atoms with E-state index in [4.69, 9.17) is 16.3 Å². The quantitative estimate of drug-likeness (QED) is 0.400. The van der Waals surface area contributed by atoms with E-state index >= 15 is 0 Å². The van der Waals surface area contributed by atoms with Crippen molar-refractivity contribution in [1.82, 2.24) is 15.3 Å². The molecule has 0 saturated heterocycles. The molecule has 176 valence electrons. The number of benzene rings is 2. The Morgan fingerprint density at radius 1 is 1.15 bits per heavy atom. The van der Waals surface area contributed by atoms with Gasteiger partial charge in [0, 0.05) is 17.0 Å². The minimum atomic E-state index is -1.15. The highest BCUT2D eigenvalue weighted by Crippen LogP contribution is 2.18. The molecule has 0 saturated carbocycles. The van der Waals surface area contributed by atoms with Crippen molar-refractivity contribution in [2.75, 3.05) is 5.32 Å². The van der Waals surface area contributed by atoms with Gasteiger partial charge >= 0.3 is 12.1 Å². The third-order valence-corrected chi connectivity index (χ3v) is 4.57. The summed E-state index contributed by atoms with van der Waals surface area (Å²) in [6, 6.07) is 10.3. The van der Waals surface area contributed by atoms with Crippen molar-refractivity contribution in [2.24, 2.45) is 0 Å². The zero-order chi connectivity index (χ0) is 23.5. The number of fused-ring (bicyclic) bond motifs is 1. The number of aliphatic carboxylic acids is 1. The molecule has 0 aliphatic carbocycles. The molecule has 1 atom stereocenters. The second kappa shape index (κ2) is 10.5. The van der Waals surface area contributed by atoms with Crippen molar-refractivity contribution < 1.29 is 24.2 Å². The first-order chi connectivity index (χ1) is 15.0. The predicted octanol–water partition coefficient (Wildman–Crippen LogP) is 4.41. The number of aromatic nitrogens is 2. The number of nitrogens with one attached hydrogen (secondary N) is 3. The average Bonchev–Trinajstić information content (AvgIpc) is 3.08. The third-order valence-electron chi connectivity index (χ3n) is 4.32. The number of anilines is 1. The van der Waals surface area contributed by atoms with Crippen LogP contribution in [0.25, 0.3) is 11.0 Å². The zero-order valence-corrected chi connectivity index (χ0v) is 19.7. The number of halogens is 2. The van der Waals surface area contributed by atoms with Crippen LogP contribution in [-0.4, -0.2) is 44.7 Å². The monoisotopic (exact) mass is 494 g/mol. The summed E-state index contributed by atoms with van der Waals surface area (Å²) in [6.07, 6.45) is -0.560. The van der Waals surface area contributed by atoms with Gasteiger partial charge in [0.15, 0.2) is 0 Å². The van der Waals surface area contributed by atoms with E-state index in [1.165, 1.54) is 12.1 Å². The highest BCUT2D eigenvalue weighted by Gasteiger charge is 2.22. The number of hydrogen-bond donors (Lipinski definition) is 4. The average molecular weight is 495 g/mol. The fourth-order valence-corrected chi connectivity index (χ4v) is 3.03. The van der Waals surface area contributed by atoms with E-state index in [1.54, 1.807) is 51.1 Å². The Labute approximate surface area is 201 Å². The van der Waals surface area contributed by atoms with Crippen LogP contribution in [-0.2, 0) is 16.0 Å². The Morgan fingerprint density at radius 2 is 1.82 bits per heavy atom. The molecular formula is C22H24Cl2N4O5. The Bertz CT molecular complexity index is 1160. The summed E-state index contributed by atoms with van der Waals surface area (Å²) in [5.74, 6) is -1.54. The van der Waals surface area contributed by atoms with Crippen LogP contribution in [0.2, 0.25) is 5.02 Å². The van der Waals surface area contributed by atoms with Gasteiger partial charge in [-0.1, -0.05) is 23.7 Å². The molecule has 0 bridgehead atoms. The molecule has 0 radical (unpaired) electrons. The summed E-state index contributed by atoms with van der Waals surface area (Å²) in [4.78, 5) is 43.4. The lowest BCUT2D eigenvalue weighted by Crippen LogP contribution is -2.42. The summed E-state index contributed by atoms with van der Waals surface area (Å²) in [7, 11) is 0. The normalized spacial score (nSPS) is 11.9. The smallest absolute Gasteiger partial charge is 0.414 e. The third kappa shape index (κ3) is 7.37. The standard InChI is InChI=1S/C22H23ClN4O5.ClH/c1-22(2,3)32-21(31)27-20-25-15-9-6-13(11-16(15)26-20)18(28)24-17(19(29)30)10-12-4-7-14(23)8-5-12;/h4-9,11,17H,10H2,1-3H3,(H,24,28)(H,29,30)(H2,25,26,27,31);1H/t17-;/m0./s1. The Kier molecular flexibility index (Phi) is 8.29. The molecule has 0 aliphatic rings. The molecular weight excluding hydrogens is 471 g/mol. The van der Waals surface area contributed by atoms with E-state index in [9.17, 15) is 19.5 Å².